The van der Waals surface area contributed by atoms with Crippen molar-refractivity contribution in [3.63, 3.8) is 0 Å². The number of carbonyl (C=O) groups excluding carboxylic acids is 1. The lowest BCUT2D eigenvalue weighted by Crippen LogP contribution is -2.22. The van der Waals surface area contributed by atoms with Gasteiger partial charge in [0, 0.05) is 24.5 Å². The molecule has 1 amide bonds. The minimum absolute atomic E-state index is 0.0704. The summed E-state index contributed by atoms with van der Waals surface area (Å²) in [4.78, 5) is 15.5. The van der Waals surface area contributed by atoms with E-state index in [9.17, 15) is 17.6 Å². The van der Waals surface area contributed by atoms with E-state index in [1.54, 1.807) is 5.38 Å². The second kappa shape index (κ2) is 9.15. The van der Waals surface area contributed by atoms with Crippen LogP contribution in [0, 0.1) is 26.6 Å². The van der Waals surface area contributed by atoms with Gasteiger partial charge in [0.15, 0.2) is 0 Å². The summed E-state index contributed by atoms with van der Waals surface area (Å²) in [6.07, 6.45) is 2.28. The highest BCUT2D eigenvalue weighted by molar-refractivity contribution is 7.93. The van der Waals surface area contributed by atoms with Gasteiger partial charge < -0.3 is 10.2 Å². The van der Waals surface area contributed by atoms with E-state index in [0.717, 1.165) is 65.7 Å². The minimum atomic E-state index is -4.08. The zero-order valence-corrected chi connectivity index (χ0v) is 20.4. The molecule has 0 bridgehead atoms. The van der Waals surface area contributed by atoms with Crippen molar-refractivity contribution < 1.29 is 17.6 Å². The van der Waals surface area contributed by atoms with Crippen LogP contribution in [-0.2, 0) is 10.0 Å². The summed E-state index contributed by atoms with van der Waals surface area (Å²) in [5.74, 6) is -1.05. The second-order valence-electron chi connectivity index (χ2n) is 8.24. The molecule has 0 unspecified atom stereocenters. The number of amides is 1. The van der Waals surface area contributed by atoms with Gasteiger partial charge in [0.05, 0.1) is 5.69 Å². The van der Waals surface area contributed by atoms with Gasteiger partial charge in [-0.25, -0.2) is 12.8 Å². The van der Waals surface area contributed by atoms with Gasteiger partial charge in [0.2, 0.25) is 0 Å². The van der Waals surface area contributed by atoms with Gasteiger partial charge in [-0.1, -0.05) is 12.1 Å². The monoisotopic (exact) mass is 487 g/mol. The van der Waals surface area contributed by atoms with Crippen LogP contribution in [0.2, 0.25) is 0 Å². The number of halogens is 1. The summed E-state index contributed by atoms with van der Waals surface area (Å²) in [5, 5.41) is 4.51. The van der Waals surface area contributed by atoms with E-state index in [1.165, 1.54) is 24.3 Å². The number of nitrogens with one attached hydrogen (secondary N) is 2. The number of nitrogens with zero attached hydrogens (tertiary/aromatic N) is 1. The highest BCUT2D eigenvalue weighted by Crippen LogP contribution is 2.36. The third-order valence-electron chi connectivity index (χ3n) is 5.79. The molecule has 4 rings (SSSR count). The Morgan fingerprint density at radius 2 is 1.79 bits per heavy atom. The van der Waals surface area contributed by atoms with Crippen LogP contribution in [0.5, 0.6) is 0 Å². The van der Waals surface area contributed by atoms with Gasteiger partial charge in [0.25, 0.3) is 15.9 Å². The lowest BCUT2D eigenvalue weighted by atomic mass is 10.0. The molecule has 2 aromatic carbocycles. The molecule has 1 aromatic heterocycles. The molecule has 1 saturated heterocycles. The topological polar surface area (TPSA) is 78.5 Å². The summed E-state index contributed by atoms with van der Waals surface area (Å²) in [5.41, 5.74) is 4.96. The first kappa shape index (κ1) is 23.3. The van der Waals surface area contributed by atoms with Crippen LogP contribution in [0.3, 0.4) is 0 Å². The molecule has 0 saturated carbocycles. The van der Waals surface area contributed by atoms with Crippen molar-refractivity contribution >= 4 is 44.3 Å². The van der Waals surface area contributed by atoms with Crippen LogP contribution in [0.15, 0.2) is 46.7 Å². The van der Waals surface area contributed by atoms with E-state index in [4.69, 9.17) is 0 Å². The third-order valence-corrected chi connectivity index (χ3v) is 8.26. The van der Waals surface area contributed by atoms with Crippen LogP contribution in [0.25, 0.3) is 0 Å². The highest BCUT2D eigenvalue weighted by atomic mass is 32.2. The largest absolute Gasteiger partial charge is 0.371 e. The SMILES string of the molecule is Cc1cc(C)c(N2CCCC2)c(C)c1NC(=O)c1sccc1S(=O)(=O)Nc1cccc(F)c1. The van der Waals surface area contributed by atoms with E-state index in [2.05, 4.69) is 21.9 Å². The van der Waals surface area contributed by atoms with E-state index >= 15 is 0 Å². The van der Waals surface area contributed by atoms with Crippen LogP contribution < -0.4 is 14.9 Å². The minimum Gasteiger partial charge on any atom is -0.371 e. The summed E-state index contributed by atoms with van der Waals surface area (Å²) < 4.78 is 41.7. The first-order valence-corrected chi connectivity index (χ1v) is 13.1. The van der Waals surface area contributed by atoms with Gasteiger partial charge in [0.1, 0.15) is 15.6 Å². The fraction of sp³-hybridized carbons (Fsp3) is 0.292. The van der Waals surface area contributed by atoms with E-state index in [-0.39, 0.29) is 15.5 Å². The van der Waals surface area contributed by atoms with Crippen molar-refractivity contribution in [2.24, 2.45) is 0 Å². The van der Waals surface area contributed by atoms with Gasteiger partial charge in [-0.15, -0.1) is 11.3 Å². The number of aryl methyl sites for hydroxylation is 2. The lowest BCUT2D eigenvalue weighted by molar-refractivity contribution is 0.102. The Balaban J connectivity index is 1.64. The molecule has 0 radical (unpaired) electrons. The van der Waals surface area contributed by atoms with Crippen molar-refractivity contribution in [1.29, 1.82) is 0 Å². The number of benzene rings is 2. The number of carbonyl (C=O) groups is 1. The quantitative estimate of drug-likeness (QED) is 0.484. The number of thiophene rings is 1. The number of anilines is 3. The van der Waals surface area contributed by atoms with Crippen LogP contribution in [0.4, 0.5) is 21.5 Å². The van der Waals surface area contributed by atoms with Crippen molar-refractivity contribution in [2.45, 2.75) is 38.5 Å². The van der Waals surface area contributed by atoms with Gasteiger partial charge >= 0.3 is 0 Å². The number of hydrogen-bond donors (Lipinski definition) is 2. The van der Waals surface area contributed by atoms with Crippen molar-refractivity contribution in [1.82, 2.24) is 0 Å². The molecule has 3 aromatic rings. The molecule has 1 fully saturated rings. The molecule has 0 spiro atoms. The first-order chi connectivity index (χ1) is 15.7. The van der Waals surface area contributed by atoms with Gasteiger partial charge in [-0.2, -0.15) is 0 Å². The maximum Gasteiger partial charge on any atom is 0.267 e. The number of rotatable bonds is 6. The lowest BCUT2D eigenvalue weighted by Gasteiger charge is -2.26. The van der Waals surface area contributed by atoms with Gasteiger partial charge in [-0.05, 0) is 79.9 Å². The molecule has 1 aliphatic rings. The highest BCUT2D eigenvalue weighted by Gasteiger charge is 2.26. The maximum atomic E-state index is 13.5. The predicted octanol–water partition coefficient (Wildman–Crippen LogP) is 5.47. The summed E-state index contributed by atoms with van der Waals surface area (Å²) >= 11 is 1.05. The molecular weight excluding hydrogens is 461 g/mol. The molecular formula is C24H26FN3O3S2. The van der Waals surface area contributed by atoms with E-state index < -0.39 is 21.7 Å². The molecule has 0 aliphatic carbocycles. The van der Waals surface area contributed by atoms with Crippen LogP contribution >= 0.6 is 11.3 Å². The van der Waals surface area contributed by atoms with Crippen molar-refractivity contribution in [2.75, 3.05) is 28.0 Å². The molecule has 2 N–H and O–H groups in total. The fourth-order valence-corrected chi connectivity index (χ4v) is 6.78. The molecule has 9 heteroatoms. The van der Waals surface area contributed by atoms with E-state index in [0.29, 0.717) is 5.69 Å². The average Bonchev–Trinajstić information content (AvgIpc) is 3.43. The molecule has 1 aliphatic heterocycles. The smallest absolute Gasteiger partial charge is 0.267 e. The summed E-state index contributed by atoms with van der Waals surface area (Å²) in [6, 6.07) is 8.60. The van der Waals surface area contributed by atoms with Crippen molar-refractivity contribution in [3.8, 4) is 0 Å². The Morgan fingerprint density at radius 3 is 2.48 bits per heavy atom. The predicted molar refractivity (Wildman–Crippen MR) is 132 cm³/mol. The maximum absolute atomic E-state index is 13.5. The zero-order chi connectivity index (χ0) is 23.8. The van der Waals surface area contributed by atoms with E-state index in [1.807, 2.05) is 19.9 Å². The molecule has 33 heavy (non-hydrogen) atoms. The first-order valence-electron chi connectivity index (χ1n) is 10.7. The van der Waals surface area contributed by atoms with Crippen LogP contribution in [0.1, 0.15) is 39.2 Å². The normalized spacial score (nSPS) is 13.9. The Morgan fingerprint density at radius 1 is 1.06 bits per heavy atom. The standard InChI is InChI=1S/C24H26FN3O3S2/c1-15-13-16(2)22(28-10-4-5-11-28)17(3)21(15)26-24(29)23-20(9-12-32-23)33(30,31)27-19-8-6-7-18(25)14-19/h6-9,12-14,27H,4-5,10-11H2,1-3H3,(H,26,29). The zero-order valence-electron chi connectivity index (χ0n) is 18.7. The van der Waals surface area contributed by atoms with Crippen LogP contribution in [-0.4, -0.2) is 27.4 Å². The Bertz CT molecular complexity index is 1310. The van der Waals surface area contributed by atoms with Crippen molar-refractivity contribution in [3.05, 3.63) is 69.2 Å². The molecule has 6 nitrogen and oxygen atoms in total. The molecule has 174 valence electrons. The number of sulfonamides is 1. The fourth-order valence-electron chi connectivity index (χ4n) is 4.40. The molecule has 0 atom stereocenters. The number of hydrogen-bond acceptors (Lipinski definition) is 5. The Kier molecular flexibility index (Phi) is 6.45. The Labute approximate surface area is 197 Å². The van der Waals surface area contributed by atoms with Gasteiger partial charge in [-0.3, -0.25) is 9.52 Å². The summed E-state index contributed by atoms with van der Waals surface area (Å²) in [6.45, 7) is 7.96. The molecule has 2 heterocycles. The summed E-state index contributed by atoms with van der Waals surface area (Å²) in [7, 11) is -4.08. The Hall–Kier alpha value is -2.91. The average molecular weight is 488 g/mol. The third kappa shape index (κ3) is 4.74. The second-order valence-corrected chi connectivity index (χ2v) is 10.8.